The third kappa shape index (κ3) is 3.84. The van der Waals surface area contributed by atoms with Gasteiger partial charge >= 0.3 is 5.97 Å². The second kappa shape index (κ2) is 8.90. The van der Waals surface area contributed by atoms with Gasteiger partial charge in [0.15, 0.2) is 0 Å². The maximum atomic E-state index is 12.3. The minimum atomic E-state index is -2.35. The van der Waals surface area contributed by atoms with Crippen molar-refractivity contribution in [2.45, 2.75) is 97.2 Å². The van der Waals surface area contributed by atoms with Gasteiger partial charge in [0.1, 0.15) is 0 Å². The molecule has 0 aromatic heterocycles. The molecule has 0 aromatic rings. The summed E-state index contributed by atoms with van der Waals surface area (Å²) in [5, 5.41) is 0.0407. The molecule has 0 atom stereocenters. The largest absolute Gasteiger partial charge is 0.515 e. The van der Waals surface area contributed by atoms with Crippen LogP contribution in [0.2, 0.25) is 16.1 Å². The van der Waals surface area contributed by atoms with Crippen molar-refractivity contribution in [2.24, 2.45) is 5.92 Å². The van der Waals surface area contributed by atoms with Crippen molar-refractivity contribution >= 4 is 14.3 Å². The Bertz CT molecular complexity index is 340. The van der Waals surface area contributed by atoms with E-state index < -0.39 is 8.32 Å². The summed E-state index contributed by atoms with van der Waals surface area (Å²) in [5.74, 6) is 0.261. The van der Waals surface area contributed by atoms with Crippen molar-refractivity contribution in [1.82, 2.24) is 0 Å². The molecule has 0 N–H and O–H groups in total. The maximum Gasteiger partial charge on any atom is 0.316 e. The second-order valence-electron chi connectivity index (χ2n) is 7.32. The Kier molecular flexibility index (Phi) is 8.67. The van der Waals surface area contributed by atoms with Gasteiger partial charge in [-0.1, -0.05) is 87.7 Å². The summed E-state index contributed by atoms with van der Waals surface area (Å²) in [7, 11) is -2.35. The lowest BCUT2D eigenvalue weighted by Gasteiger charge is -2.53. The minimum absolute atomic E-state index is 0.0407. The van der Waals surface area contributed by atoms with Crippen LogP contribution in [0.3, 0.4) is 0 Å². The number of hydrogen-bond donors (Lipinski definition) is 0. The minimum Gasteiger partial charge on any atom is -0.515 e. The van der Waals surface area contributed by atoms with Gasteiger partial charge in [0, 0.05) is 6.08 Å². The smallest absolute Gasteiger partial charge is 0.316 e. The van der Waals surface area contributed by atoms with Gasteiger partial charge in [0.25, 0.3) is 8.32 Å². The Morgan fingerprint density at radius 2 is 1.41 bits per heavy atom. The van der Waals surface area contributed by atoms with Gasteiger partial charge in [-0.15, -0.1) is 0 Å². The van der Waals surface area contributed by atoms with Crippen LogP contribution >= 0.6 is 0 Å². The maximum absolute atomic E-state index is 12.3. The van der Waals surface area contributed by atoms with E-state index in [2.05, 4.69) is 62.0 Å². The third-order valence-corrected chi connectivity index (χ3v) is 13.3. The molecule has 0 heterocycles. The summed E-state index contributed by atoms with van der Waals surface area (Å²) in [6, 6.07) is 0. The highest BCUT2D eigenvalue weighted by Gasteiger charge is 2.60. The molecule has 0 aliphatic rings. The van der Waals surface area contributed by atoms with E-state index >= 15 is 0 Å². The van der Waals surface area contributed by atoms with Crippen molar-refractivity contribution < 1.29 is 9.22 Å². The van der Waals surface area contributed by atoms with Crippen LogP contribution in [0.5, 0.6) is 0 Å². The first-order valence-corrected chi connectivity index (χ1v) is 11.1. The lowest BCUT2D eigenvalue weighted by atomic mass is 9.99. The molecule has 3 heteroatoms. The van der Waals surface area contributed by atoms with Crippen LogP contribution in [-0.4, -0.2) is 14.3 Å². The van der Waals surface area contributed by atoms with E-state index in [1.54, 1.807) is 0 Å². The van der Waals surface area contributed by atoms with E-state index in [1.165, 1.54) is 6.08 Å². The standard InChI is InChI=1S/C19H38O2Si/c1-10-16(11-2)22(17(12-3)13-4,21-18(20)14-5)19(8,9)15(6)7/h14-17H,5,10-13H2,1-4,6-9H3. The van der Waals surface area contributed by atoms with Crippen LogP contribution in [-0.2, 0) is 9.22 Å². The fourth-order valence-electron chi connectivity index (χ4n) is 4.13. The summed E-state index contributed by atoms with van der Waals surface area (Å²) in [6.07, 6.45) is 5.68. The third-order valence-electron chi connectivity index (χ3n) is 6.07. The molecule has 0 aliphatic carbocycles. The zero-order chi connectivity index (χ0) is 17.6. The van der Waals surface area contributed by atoms with Gasteiger partial charge in [-0.25, -0.2) is 4.79 Å². The van der Waals surface area contributed by atoms with Crippen molar-refractivity contribution in [3.63, 3.8) is 0 Å². The van der Waals surface area contributed by atoms with Gasteiger partial charge in [-0.2, -0.15) is 0 Å². The lowest BCUT2D eigenvalue weighted by molar-refractivity contribution is -0.130. The number of carbonyl (C=O) groups is 1. The molecule has 0 saturated heterocycles. The monoisotopic (exact) mass is 326 g/mol. The van der Waals surface area contributed by atoms with Crippen LogP contribution in [0.4, 0.5) is 0 Å². The first-order valence-electron chi connectivity index (χ1n) is 9.04. The zero-order valence-electron chi connectivity index (χ0n) is 16.2. The van der Waals surface area contributed by atoms with E-state index in [0.717, 1.165) is 25.7 Å². The number of rotatable bonds is 10. The normalized spacial score (nSPS) is 13.0. The van der Waals surface area contributed by atoms with Crippen molar-refractivity contribution in [1.29, 1.82) is 0 Å². The molecule has 2 nitrogen and oxygen atoms in total. The van der Waals surface area contributed by atoms with Gasteiger partial charge in [0.2, 0.25) is 0 Å². The van der Waals surface area contributed by atoms with E-state index in [4.69, 9.17) is 4.43 Å². The molecule has 0 unspecified atom stereocenters. The first-order chi connectivity index (χ1) is 10.2. The average Bonchev–Trinajstić information content (AvgIpc) is 2.48. The van der Waals surface area contributed by atoms with Crippen LogP contribution in [0.15, 0.2) is 12.7 Å². The van der Waals surface area contributed by atoms with Crippen molar-refractivity contribution in [2.75, 3.05) is 0 Å². The van der Waals surface area contributed by atoms with Gasteiger partial charge < -0.3 is 4.43 Å². The molecule has 0 saturated carbocycles. The molecule has 0 amide bonds. The average molecular weight is 327 g/mol. The molecule has 0 rings (SSSR count). The molecule has 0 bridgehead atoms. The predicted molar refractivity (Wildman–Crippen MR) is 99.6 cm³/mol. The highest BCUT2D eigenvalue weighted by atomic mass is 28.4. The quantitative estimate of drug-likeness (QED) is 0.339. The summed E-state index contributed by atoms with van der Waals surface area (Å²) >= 11 is 0. The Hall–Kier alpha value is -0.573. The van der Waals surface area contributed by atoms with Crippen LogP contribution < -0.4 is 0 Å². The highest BCUT2D eigenvalue weighted by molar-refractivity contribution is 6.81. The predicted octanol–water partition coefficient (Wildman–Crippen LogP) is 6.48. The molecule has 22 heavy (non-hydrogen) atoms. The molecular weight excluding hydrogens is 288 g/mol. The van der Waals surface area contributed by atoms with E-state index in [1.807, 2.05) is 0 Å². The number of hydrogen-bond acceptors (Lipinski definition) is 2. The Morgan fingerprint density at radius 3 is 1.64 bits per heavy atom. The van der Waals surface area contributed by atoms with Crippen molar-refractivity contribution in [3.05, 3.63) is 12.7 Å². The summed E-state index contributed by atoms with van der Waals surface area (Å²) in [4.78, 5) is 12.3. The molecule has 0 spiro atoms. The summed E-state index contributed by atoms with van der Waals surface area (Å²) in [6.45, 7) is 21.8. The summed E-state index contributed by atoms with van der Waals surface area (Å²) in [5.41, 5.74) is 0.998. The highest BCUT2D eigenvalue weighted by Crippen LogP contribution is 2.58. The Balaban J connectivity index is 6.36. The fourth-order valence-corrected chi connectivity index (χ4v) is 11.2. The van der Waals surface area contributed by atoms with E-state index in [-0.39, 0.29) is 11.0 Å². The first kappa shape index (κ1) is 21.4. The van der Waals surface area contributed by atoms with E-state index in [9.17, 15) is 4.79 Å². The molecule has 0 radical (unpaired) electrons. The zero-order valence-corrected chi connectivity index (χ0v) is 17.2. The fraction of sp³-hybridized carbons (Fsp3) is 0.842. The van der Waals surface area contributed by atoms with E-state index in [0.29, 0.717) is 17.0 Å². The van der Waals surface area contributed by atoms with Gasteiger partial charge in [0.05, 0.1) is 0 Å². The van der Waals surface area contributed by atoms with Crippen LogP contribution in [0.25, 0.3) is 0 Å². The topological polar surface area (TPSA) is 26.3 Å². The molecule has 130 valence electrons. The van der Waals surface area contributed by atoms with Gasteiger partial charge in [-0.3, -0.25) is 0 Å². The van der Waals surface area contributed by atoms with Crippen LogP contribution in [0.1, 0.15) is 81.1 Å². The molecular formula is C19H38O2Si. The van der Waals surface area contributed by atoms with Crippen LogP contribution in [0, 0.1) is 5.92 Å². The van der Waals surface area contributed by atoms with Crippen molar-refractivity contribution in [3.8, 4) is 0 Å². The lowest BCUT2D eigenvalue weighted by Crippen LogP contribution is -2.58. The molecule has 0 aliphatic heterocycles. The Morgan fingerprint density at radius 1 is 1.05 bits per heavy atom. The molecule has 0 fully saturated rings. The second-order valence-corrected chi connectivity index (χ2v) is 12.0. The SMILES string of the molecule is C=CC(=O)O[Si](C(CC)CC)(C(CC)CC)C(C)(C)C(C)C. The Labute approximate surface area is 139 Å². The van der Waals surface area contributed by atoms with Gasteiger partial charge in [-0.05, 0) is 22.0 Å². The molecule has 0 aromatic carbocycles. The summed E-state index contributed by atoms with van der Waals surface area (Å²) < 4.78 is 6.38. The number of carbonyl (C=O) groups excluding carboxylic acids is 1.